The van der Waals surface area contributed by atoms with Gasteiger partial charge in [0.05, 0.1) is 5.54 Å². The quantitative estimate of drug-likeness (QED) is 0.699. The summed E-state index contributed by atoms with van der Waals surface area (Å²) in [6.45, 7) is 3.91. The topological polar surface area (TPSA) is 73.6 Å². The van der Waals surface area contributed by atoms with E-state index in [4.69, 9.17) is 15.2 Å². The van der Waals surface area contributed by atoms with Crippen LogP contribution in [0.4, 0.5) is 0 Å². The van der Waals surface area contributed by atoms with Crippen LogP contribution in [0.15, 0.2) is 0 Å². The molecule has 0 aromatic rings. The van der Waals surface area contributed by atoms with Crippen molar-refractivity contribution in [3.05, 3.63) is 0 Å². The SMILES string of the molecule is Cl.NC1(C(=O)NCCCOCC2CCOCC2)CCCC1. The summed E-state index contributed by atoms with van der Waals surface area (Å²) in [6, 6.07) is 0. The van der Waals surface area contributed by atoms with Gasteiger partial charge in [0.2, 0.25) is 5.91 Å². The Kier molecular flexibility index (Phi) is 8.56. The Bertz CT molecular complexity index is 303. The van der Waals surface area contributed by atoms with Crippen LogP contribution in [0, 0.1) is 5.92 Å². The number of ether oxygens (including phenoxy) is 2. The standard InChI is InChI=1S/C15H28N2O3.ClH/c16-15(6-1-2-7-15)14(18)17-8-3-9-20-12-13-4-10-19-11-5-13;/h13H,1-12,16H2,(H,17,18);1H. The molecule has 1 aliphatic carbocycles. The lowest BCUT2D eigenvalue weighted by atomic mass is 9.98. The molecule has 1 saturated carbocycles. The Labute approximate surface area is 133 Å². The molecule has 2 rings (SSSR count). The fourth-order valence-electron chi connectivity index (χ4n) is 2.95. The van der Waals surface area contributed by atoms with Crippen LogP contribution in [0.25, 0.3) is 0 Å². The lowest BCUT2D eigenvalue weighted by Gasteiger charge is -2.23. The minimum Gasteiger partial charge on any atom is -0.381 e. The van der Waals surface area contributed by atoms with Gasteiger partial charge >= 0.3 is 0 Å². The van der Waals surface area contributed by atoms with Gasteiger partial charge in [0.25, 0.3) is 0 Å². The number of amides is 1. The van der Waals surface area contributed by atoms with Gasteiger partial charge in [0, 0.05) is 33.0 Å². The van der Waals surface area contributed by atoms with Gasteiger partial charge in [-0.3, -0.25) is 4.79 Å². The molecule has 5 nitrogen and oxygen atoms in total. The molecule has 0 atom stereocenters. The fraction of sp³-hybridized carbons (Fsp3) is 0.933. The first kappa shape index (κ1) is 18.7. The first-order valence-corrected chi connectivity index (χ1v) is 7.93. The predicted molar refractivity (Wildman–Crippen MR) is 84.6 cm³/mol. The molecule has 3 N–H and O–H groups in total. The van der Waals surface area contributed by atoms with E-state index in [-0.39, 0.29) is 18.3 Å². The Morgan fingerprint density at radius 3 is 2.62 bits per heavy atom. The number of rotatable bonds is 7. The van der Waals surface area contributed by atoms with E-state index in [1.165, 1.54) is 0 Å². The van der Waals surface area contributed by atoms with Crippen molar-refractivity contribution in [2.45, 2.75) is 50.5 Å². The van der Waals surface area contributed by atoms with E-state index in [1.54, 1.807) is 0 Å². The maximum Gasteiger partial charge on any atom is 0.240 e. The zero-order chi connectivity index (χ0) is 14.3. The molecule has 0 radical (unpaired) electrons. The third kappa shape index (κ3) is 6.10. The molecule has 1 heterocycles. The first-order chi connectivity index (χ1) is 9.71. The van der Waals surface area contributed by atoms with E-state index < -0.39 is 5.54 Å². The normalized spacial score (nSPS) is 21.8. The molecule has 0 aromatic carbocycles. The maximum atomic E-state index is 12.0. The monoisotopic (exact) mass is 320 g/mol. The van der Waals surface area contributed by atoms with Gasteiger partial charge < -0.3 is 20.5 Å². The Hall–Kier alpha value is -0.360. The van der Waals surface area contributed by atoms with Crippen molar-refractivity contribution in [3.63, 3.8) is 0 Å². The highest BCUT2D eigenvalue weighted by Crippen LogP contribution is 2.27. The predicted octanol–water partition coefficient (Wildman–Crippen LogP) is 1.63. The first-order valence-electron chi connectivity index (χ1n) is 7.93. The average Bonchev–Trinajstić information content (AvgIpc) is 2.92. The lowest BCUT2D eigenvalue weighted by Crippen LogP contribution is -2.52. The van der Waals surface area contributed by atoms with Gasteiger partial charge in [-0.2, -0.15) is 0 Å². The van der Waals surface area contributed by atoms with Crippen LogP contribution < -0.4 is 11.1 Å². The highest BCUT2D eigenvalue weighted by molar-refractivity contribution is 5.86. The molecule has 6 heteroatoms. The summed E-state index contributed by atoms with van der Waals surface area (Å²) in [7, 11) is 0. The van der Waals surface area contributed by atoms with Crippen LogP contribution in [-0.2, 0) is 14.3 Å². The van der Waals surface area contributed by atoms with Crippen molar-refractivity contribution in [2.75, 3.05) is 33.0 Å². The summed E-state index contributed by atoms with van der Waals surface area (Å²) in [5.74, 6) is 0.656. The van der Waals surface area contributed by atoms with Gasteiger partial charge in [-0.05, 0) is 38.0 Å². The van der Waals surface area contributed by atoms with Crippen LogP contribution in [0.3, 0.4) is 0 Å². The number of nitrogens with two attached hydrogens (primary N) is 1. The molecule has 0 bridgehead atoms. The number of carbonyl (C=O) groups is 1. The summed E-state index contributed by atoms with van der Waals surface area (Å²) >= 11 is 0. The van der Waals surface area contributed by atoms with E-state index in [0.29, 0.717) is 19.1 Å². The smallest absolute Gasteiger partial charge is 0.240 e. The zero-order valence-electron chi connectivity index (χ0n) is 12.8. The average molecular weight is 321 g/mol. The number of nitrogens with one attached hydrogen (secondary N) is 1. The van der Waals surface area contributed by atoms with Crippen molar-refractivity contribution >= 4 is 18.3 Å². The lowest BCUT2D eigenvalue weighted by molar-refractivity contribution is -0.126. The Morgan fingerprint density at radius 1 is 1.29 bits per heavy atom. The van der Waals surface area contributed by atoms with Crippen LogP contribution in [-0.4, -0.2) is 44.4 Å². The molecule has 1 aliphatic heterocycles. The maximum absolute atomic E-state index is 12.0. The van der Waals surface area contributed by atoms with Crippen molar-refractivity contribution in [3.8, 4) is 0 Å². The number of carbonyl (C=O) groups excluding carboxylic acids is 1. The summed E-state index contributed by atoms with van der Waals surface area (Å²) in [5.41, 5.74) is 5.48. The largest absolute Gasteiger partial charge is 0.381 e. The van der Waals surface area contributed by atoms with Gasteiger partial charge in [-0.1, -0.05) is 12.8 Å². The van der Waals surface area contributed by atoms with Crippen molar-refractivity contribution < 1.29 is 14.3 Å². The second-order valence-corrected chi connectivity index (χ2v) is 6.10. The fourth-order valence-corrected chi connectivity index (χ4v) is 2.95. The van der Waals surface area contributed by atoms with E-state index in [1.807, 2.05) is 0 Å². The van der Waals surface area contributed by atoms with E-state index >= 15 is 0 Å². The number of hydrogen-bond acceptors (Lipinski definition) is 4. The van der Waals surface area contributed by atoms with Gasteiger partial charge in [-0.15, -0.1) is 12.4 Å². The van der Waals surface area contributed by atoms with Crippen LogP contribution in [0.5, 0.6) is 0 Å². The molecule has 0 aromatic heterocycles. The molecule has 1 amide bonds. The second-order valence-electron chi connectivity index (χ2n) is 6.10. The number of hydrogen-bond donors (Lipinski definition) is 2. The van der Waals surface area contributed by atoms with Crippen LogP contribution in [0.1, 0.15) is 44.9 Å². The van der Waals surface area contributed by atoms with E-state index in [9.17, 15) is 4.79 Å². The Morgan fingerprint density at radius 2 is 1.95 bits per heavy atom. The van der Waals surface area contributed by atoms with E-state index in [2.05, 4.69) is 5.32 Å². The minimum absolute atomic E-state index is 0. The molecule has 21 heavy (non-hydrogen) atoms. The number of halogens is 1. The summed E-state index contributed by atoms with van der Waals surface area (Å²) in [5, 5.41) is 2.94. The highest BCUT2D eigenvalue weighted by Gasteiger charge is 2.36. The highest BCUT2D eigenvalue weighted by atomic mass is 35.5. The van der Waals surface area contributed by atoms with Gasteiger partial charge in [-0.25, -0.2) is 0 Å². The van der Waals surface area contributed by atoms with Crippen molar-refractivity contribution in [2.24, 2.45) is 11.7 Å². The molecular weight excluding hydrogens is 292 g/mol. The van der Waals surface area contributed by atoms with Gasteiger partial charge in [0.15, 0.2) is 0 Å². The minimum atomic E-state index is -0.608. The molecule has 0 spiro atoms. The summed E-state index contributed by atoms with van der Waals surface area (Å²) < 4.78 is 11.0. The second kappa shape index (κ2) is 9.62. The molecule has 2 aliphatic rings. The van der Waals surface area contributed by atoms with Crippen molar-refractivity contribution in [1.29, 1.82) is 0 Å². The molecule has 0 unspecified atom stereocenters. The summed E-state index contributed by atoms with van der Waals surface area (Å²) in [4.78, 5) is 12.0. The van der Waals surface area contributed by atoms with Crippen LogP contribution >= 0.6 is 12.4 Å². The third-order valence-corrected chi connectivity index (χ3v) is 4.39. The third-order valence-electron chi connectivity index (χ3n) is 4.39. The molecule has 2 fully saturated rings. The van der Waals surface area contributed by atoms with Crippen molar-refractivity contribution in [1.82, 2.24) is 5.32 Å². The van der Waals surface area contributed by atoms with Crippen LogP contribution in [0.2, 0.25) is 0 Å². The molecule has 124 valence electrons. The zero-order valence-corrected chi connectivity index (χ0v) is 13.6. The van der Waals surface area contributed by atoms with Gasteiger partial charge in [0.1, 0.15) is 0 Å². The van der Waals surface area contributed by atoms with E-state index in [0.717, 1.165) is 64.8 Å². The summed E-state index contributed by atoms with van der Waals surface area (Å²) in [6.07, 6.45) is 6.83. The Balaban J connectivity index is 0.00000220. The molecule has 1 saturated heterocycles. The molecular formula is C15H29ClN2O3.